The first-order valence-electron chi connectivity index (χ1n) is 6.25. The minimum absolute atomic E-state index is 0.753. The molecular weight excluding hydrogens is 198 g/mol. The summed E-state index contributed by atoms with van der Waals surface area (Å²) in [5.74, 6) is 0. The molecule has 0 saturated carbocycles. The van der Waals surface area contributed by atoms with Crippen molar-refractivity contribution in [2.75, 3.05) is 26.2 Å². The highest BCUT2D eigenvalue weighted by Gasteiger charge is 2.23. The summed E-state index contributed by atoms with van der Waals surface area (Å²) in [6.07, 6.45) is 4.18. The summed E-state index contributed by atoms with van der Waals surface area (Å²) in [5, 5.41) is 3.34. The van der Waals surface area contributed by atoms with Crippen LogP contribution in [0.3, 0.4) is 0 Å². The summed E-state index contributed by atoms with van der Waals surface area (Å²) in [5.41, 5.74) is 1.20. The molecule has 1 saturated heterocycles. The van der Waals surface area contributed by atoms with E-state index >= 15 is 0 Å². The molecule has 3 nitrogen and oxygen atoms in total. The molecular formula is C13H21N3. The number of hydrogen-bond donors (Lipinski definition) is 1. The fourth-order valence-corrected chi connectivity index (χ4v) is 2.10. The van der Waals surface area contributed by atoms with Gasteiger partial charge in [-0.25, -0.2) is 0 Å². The molecule has 88 valence electrons. The molecule has 3 heteroatoms. The highest BCUT2D eigenvalue weighted by atomic mass is 15.2. The summed E-state index contributed by atoms with van der Waals surface area (Å²) >= 11 is 0. The Morgan fingerprint density at radius 1 is 1.38 bits per heavy atom. The van der Waals surface area contributed by atoms with Crippen molar-refractivity contribution >= 4 is 0 Å². The van der Waals surface area contributed by atoms with Crippen molar-refractivity contribution in [3.8, 4) is 0 Å². The van der Waals surface area contributed by atoms with E-state index in [1.165, 1.54) is 18.7 Å². The molecule has 0 amide bonds. The smallest absolute Gasteiger partial charge is 0.0416 e. The summed E-state index contributed by atoms with van der Waals surface area (Å²) < 4.78 is 0. The minimum atomic E-state index is 0.753. The van der Waals surface area contributed by atoms with Crippen LogP contribution in [0.2, 0.25) is 0 Å². The van der Waals surface area contributed by atoms with Crippen LogP contribution in [-0.4, -0.2) is 42.1 Å². The standard InChI is InChI=1S/C13H21N3/c1-2-8-16(13-10-14-11-13)9-6-12-5-3-4-7-15-12/h3-5,7,13-14H,2,6,8-11H2,1H3. The van der Waals surface area contributed by atoms with Gasteiger partial charge in [0.25, 0.3) is 0 Å². The van der Waals surface area contributed by atoms with Crippen LogP contribution in [-0.2, 0) is 6.42 Å². The monoisotopic (exact) mass is 219 g/mol. The Morgan fingerprint density at radius 2 is 2.25 bits per heavy atom. The van der Waals surface area contributed by atoms with E-state index in [-0.39, 0.29) is 0 Å². The predicted molar refractivity (Wildman–Crippen MR) is 66.5 cm³/mol. The van der Waals surface area contributed by atoms with Gasteiger partial charge in [0.1, 0.15) is 0 Å². The summed E-state index contributed by atoms with van der Waals surface area (Å²) in [6, 6.07) is 6.91. The molecule has 2 heterocycles. The molecule has 1 aliphatic heterocycles. The maximum absolute atomic E-state index is 4.37. The maximum atomic E-state index is 4.37. The molecule has 1 aromatic heterocycles. The molecule has 0 unspecified atom stereocenters. The predicted octanol–water partition coefficient (Wildman–Crippen LogP) is 1.31. The van der Waals surface area contributed by atoms with E-state index in [9.17, 15) is 0 Å². The van der Waals surface area contributed by atoms with Crippen molar-refractivity contribution in [3.05, 3.63) is 30.1 Å². The first-order chi connectivity index (χ1) is 7.90. The van der Waals surface area contributed by atoms with Gasteiger partial charge in [0.05, 0.1) is 0 Å². The summed E-state index contributed by atoms with van der Waals surface area (Å²) in [6.45, 7) is 6.90. The van der Waals surface area contributed by atoms with E-state index in [0.29, 0.717) is 0 Å². The van der Waals surface area contributed by atoms with Crippen molar-refractivity contribution in [2.45, 2.75) is 25.8 Å². The molecule has 0 radical (unpaired) electrons. The van der Waals surface area contributed by atoms with Gasteiger partial charge in [-0.15, -0.1) is 0 Å². The number of nitrogens with zero attached hydrogens (tertiary/aromatic N) is 2. The lowest BCUT2D eigenvalue weighted by Crippen LogP contribution is -2.57. The molecule has 1 fully saturated rings. The van der Waals surface area contributed by atoms with E-state index in [1.807, 2.05) is 12.3 Å². The van der Waals surface area contributed by atoms with Gasteiger partial charge in [0.15, 0.2) is 0 Å². The fraction of sp³-hybridized carbons (Fsp3) is 0.615. The Balaban J connectivity index is 1.81. The van der Waals surface area contributed by atoms with Gasteiger partial charge in [-0.05, 0) is 25.1 Å². The topological polar surface area (TPSA) is 28.2 Å². The van der Waals surface area contributed by atoms with Gasteiger partial charge in [-0.3, -0.25) is 9.88 Å². The average Bonchev–Trinajstić information content (AvgIpc) is 2.25. The van der Waals surface area contributed by atoms with Gasteiger partial charge < -0.3 is 5.32 Å². The molecule has 0 aromatic carbocycles. The highest BCUT2D eigenvalue weighted by molar-refractivity contribution is 5.04. The second-order valence-corrected chi connectivity index (χ2v) is 4.42. The molecule has 1 aliphatic rings. The SMILES string of the molecule is CCCN(CCc1ccccn1)C1CNC1. The molecule has 16 heavy (non-hydrogen) atoms. The van der Waals surface area contributed by atoms with Crippen molar-refractivity contribution < 1.29 is 0 Å². The number of hydrogen-bond acceptors (Lipinski definition) is 3. The van der Waals surface area contributed by atoms with Gasteiger partial charge in [0, 0.05) is 44.0 Å². The van der Waals surface area contributed by atoms with Crippen LogP contribution < -0.4 is 5.32 Å². The third-order valence-corrected chi connectivity index (χ3v) is 3.17. The van der Waals surface area contributed by atoms with Crippen LogP contribution in [0.1, 0.15) is 19.0 Å². The van der Waals surface area contributed by atoms with E-state index in [4.69, 9.17) is 0 Å². The second-order valence-electron chi connectivity index (χ2n) is 4.42. The molecule has 0 bridgehead atoms. The lowest BCUT2D eigenvalue weighted by Gasteiger charge is -2.38. The number of nitrogens with one attached hydrogen (secondary N) is 1. The molecule has 1 N–H and O–H groups in total. The largest absolute Gasteiger partial charge is 0.314 e. The number of pyridine rings is 1. The lowest BCUT2D eigenvalue weighted by atomic mass is 10.1. The zero-order chi connectivity index (χ0) is 11.2. The van der Waals surface area contributed by atoms with Crippen LogP contribution in [0, 0.1) is 0 Å². The van der Waals surface area contributed by atoms with Crippen LogP contribution in [0.25, 0.3) is 0 Å². The van der Waals surface area contributed by atoms with Crippen LogP contribution in [0.15, 0.2) is 24.4 Å². The summed E-state index contributed by atoms with van der Waals surface area (Å²) in [7, 11) is 0. The van der Waals surface area contributed by atoms with E-state index in [0.717, 1.165) is 32.1 Å². The molecule has 2 rings (SSSR count). The Bertz CT molecular complexity index is 295. The third kappa shape index (κ3) is 3.03. The van der Waals surface area contributed by atoms with Crippen molar-refractivity contribution in [1.82, 2.24) is 15.2 Å². The van der Waals surface area contributed by atoms with Crippen LogP contribution >= 0.6 is 0 Å². The molecule has 0 atom stereocenters. The van der Waals surface area contributed by atoms with E-state index < -0.39 is 0 Å². The highest BCUT2D eigenvalue weighted by Crippen LogP contribution is 2.07. The van der Waals surface area contributed by atoms with Gasteiger partial charge in [-0.1, -0.05) is 13.0 Å². The third-order valence-electron chi connectivity index (χ3n) is 3.17. The van der Waals surface area contributed by atoms with Gasteiger partial charge in [0.2, 0.25) is 0 Å². The molecule has 1 aromatic rings. The van der Waals surface area contributed by atoms with Crippen molar-refractivity contribution in [2.24, 2.45) is 0 Å². The Morgan fingerprint density at radius 3 is 2.81 bits per heavy atom. The van der Waals surface area contributed by atoms with Gasteiger partial charge in [-0.2, -0.15) is 0 Å². The minimum Gasteiger partial charge on any atom is -0.314 e. The zero-order valence-corrected chi connectivity index (χ0v) is 10.0. The normalized spacial score (nSPS) is 16.4. The summed E-state index contributed by atoms with van der Waals surface area (Å²) in [4.78, 5) is 6.96. The second kappa shape index (κ2) is 5.97. The van der Waals surface area contributed by atoms with Crippen LogP contribution in [0.5, 0.6) is 0 Å². The lowest BCUT2D eigenvalue weighted by molar-refractivity contribution is 0.147. The molecule has 0 aliphatic carbocycles. The zero-order valence-electron chi connectivity index (χ0n) is 10.0. The Labute approximate surface area is 97.9 Å². The number of aromatic nitrogens is 1. The van der Waals surface area contributed by atoms with Crippen molar-refractivity contribution in [1.29, 1.82) is 0 Å². The number of rotatable bonds is 6. The maximum Gasteiger partial charge on any atom is 0.0416 e. The average molecular weight is 219 g/mol. The molecule has 0 spiro atoms. The van der Waals surface area contributed by atoms with E-state index in [1.54, 1.807) is 0 Å². The van der Waals surface area contributed by atoms with Crippen molar-refractivity contribution in [3.63, 3.8) is 0 Å². The van der Waals surface area contributed by atoms with Gasteiger partial charge >= 0.3 is 0 Å². The first-order valence-corrected chi connectivity index (χ1v) is 6.25. The fourth-order valence-electron chi connectivity index (χ4n) is 2.10. The Hall–Kier alpha value is -0.930. The van der Waals surface area contributed by atoms with E-state index in [2.05, 4.69) is 34.3 Å². The quantitative estimate of drug-likeness (QED) is 0.782. The van der Waals surface area contributed by atoms with Crippen LogP contribution in [0.4, 0.5) is 0 Å². The first kappa shape index (κ1) is 11.6. The Kier molecular flexibility index (Phi) is 4.31.